The Morgan fingerprint density at radius 2 is 2.17 bits per heavy atom. The fourth-order valence-electron chi connectivity index (χ4n) is 2.57. The summed E-state index contributed by atoms with van der Waals surface area (Å²) < 4.78 is 37.2. The zero-order chi connectivity index (χ0) is 17.9. The maximum absolute atomic E-state index is 12.4. The highest BCUT2D eigenvalue weighted by atomic mass is 19.4. The van der Waals surface area contributed by atoms with E-state index in [1.807, 2.05) is 6.92 Å². The molecule has 2 rings (SSSR count). The summed E-state index contributed by atoms with van der Waals surface area (Å²) in [5.74, 6) is -0.595. The van der Waals surface area contributed by atoms with E-state index in [0.717, 1.165) is 10.5 Å². The number of nitrogens with one attached hydrogen (secondary N) is 1. The van der Waals surface area contributed by atoms with Gasteiger partial charge >= 0.3 is 6.18 Å². The van der Waals surface area contributed by atoms with Crippen molar-refractivity contribution < 1.29 is 22.8 Å². The van der Waals surface area contributed by atoms with E-state index in [1.165, 1.54) is 4.90 Å². The van der Waals surface area contributed by atoms with Crippen LogP contribution in [0.4, 0.5) is 19.0 Å². The summed E-state index contributed by atoms with van der Waals surface area (Å²) in [6, 6.07) is 2.73. The normalized spacial score (nSPS) is 18.3. The third-order valence-corrected chi connectivity index (χ3v) is 3.74. The molecule has 132 valence electrons. The Bertz CT molecular complexity index is 604. The van der Waals surface area contributed by atoms with Crippen molar-refractivity contribution in [2.75, 3.05) is 32.0 Å². The fourth-order valence-corrected chi connectivity index (χ4v) is 2.57. The highest BCUT2D eigenvalue weighted by molar-refractivity contribution is 5.92. The molecule has 1 atom stereocenters. The summed E-state index contributed by atoms with van der Waals surface area (Å²) in [5.41, 5.74) is 0.950. The van der Waals surface area contributed by atoms with Crippen LogP contribution < -0.4 is 5.32 Å². The summed E-state index contributed by atoms with van der Waals surface area (Å²) in [5, 5.41) is 2.59. The first-order valence-corrected chi connectivity index (χ1v) is 7.44. The Kier molecular flexibility index (Phi) is 5.43. The smallest absolute Gasteiger partial charge is 0.332 e. The van der Waals surface area contributed by atoms with Gasteiger partial charge in [0.1, 0.15) is 12.4 Å². The lowest BCUT2D eigenvalue weighted by Gasteiger charge is -2.23. The molecule has 1 aliphatic heterocycles. The van der Waals surface area contributed by atoms with Gasteiger partial charge in [-0.2, -0.15) is 13.2 Å². The van der Waals surface area contributed by atoms with Crippen molar-refractivity contribution in [1.29, 1.82) is 0 Å². The molecule has 1 aliphatic rings. The van der Waals surface area contributed by atoms with Crippen LogP contribution in [0.5, 0.6) is 0 Å². The fraction of sp³-hybridized carbons (Fsp3) is 0.533. The van der Waals surface area contributed by atoms with Crippen molar-refractivity contribution >= 4 is 17.6 Å². The van der Waals surface area contributed by atoms with E-state index in [-0.39, 0.29) is 25.4 Å². The van der Waals surface area contributed by atoms with Crippen molar-refractivity contribution in [2.24, 2.45) is 0 Å². The predicted octanol–water partition coefficient (Wildman–Crippen LogP) is 1.42. The number of hydrogen-bond acceptors (Lipinski definition) is 4. The Hall–Kier alpha value is -2.16. The minimum Gasteiger partial charge on any atom is -0.332 e. The number of hydrogen-bond donors (Lipinski definition) is 1. The van der Waals surface area contributed by atoms with E-state index in [9.17, 15) is 22.8 Å². The highest BCUT2D eigenvalue weighted by Crippen LogP contribution is 2.22. The monoisotopic (exact) mass is 344 g/mol. The number of alkyl halides is 3. The molecule has 0 aromatic carbocycles. The number of aryl methyl sites for hydroxylation is 1. The highest BCUT2D eigenvalue weighted by Gasteiger charge is 2.40. The standard InChI is InChI=1S/C15H19F3N4O2/c1-10-3-4-12(19-7-10)20-13(23)8-21(2)11-5-6-22(14(11)24)9-15(16,17)18/h3-4,7,11H,5-6,8-9H2,1-2H3,(H,19,20,23)/t11-/m0/s1. The van der Waals surface area contributed by atoms with Crippen LogP contribution in [0.15, 0.2) is 18.3 Å². The quantitative estimate of drug-likeness (QED) is 0.877. The zero-order valence-corrected chi connectivity index (χ0v) is 13.4. The number of likely N-dealkylation sites (N-methyl/N-ethyl adjacent to an activating group) is 1. The molecule has 1 saturated heterocycles. The van der Waals surface area contributed by atoms with Crippen molar-refractivity contribution in [3.63, 3.8) is 0 Å². The molecule has 6 nitrogen and oxygen atoms in total. The summed E-state index contributed by atoms with van der Waals surface area (Å²) in [6.07, 6.45) is -2.55. The molecule has 0 unspecified atom stereocenters. The van der Waals surface area contributed by atoms with Gasteiger partial charge in [0.2, 0.25) is 11.8 Å². The van der Waals surface area contributed by atoms with E-state index < -0.39 is 24.7 Å². The lowest BCUT2D eigenvalue weighted by atomic mass is 10.2. The van der Waals surface area contributed by atoms with Crippen LogP contribution in [-0.4, -0.2) is 65.5 Å². The Balaban J connectivity index is 1.88. The number of amides is 2. The van der Waals surface area contributed by atoms with E-state index in [0.29, 0.717) is 5.82 Å². The first kappa shape index (κ1) is 18.2. The van der Waals surface area contributed by atoms with Gasteiger partial charge in [-0.3, -0.25) is 14.5 Å². The molecule has 0 bridgehead atoms. The van der Waals surface area contributed by atoms with Gasteiger partial charge in [0, 0.05) is 12.7 Å². The third-order valence-electron chi connectivity index (χ3n) is 3.74. The Morgan fingerprint density at radius 1 is 1.46 bits per heavy atom. The van der Waals surface area contributed by atoms with Crippen LogP contribution in [0, 0.1) is 6.92 Å². The lowest BCUT2D eigenvalue weighted by molar-refractivity contribution is -0.159. The molecule has 24 heavy (non-hydrogen) atoms. The third kappa shape index (κ3) is 4.92. The summed E-state index contributed by atoms with van der Waals surface area (Å²) >= 11 is 0. The molecule has 0 saturated carbocycles. The van der Waals surface area contributed by atoms with E-state index in [1.54, 1.807) is 25.4 Å². The Morgan fingerprint density at radius 3 is 2.75 bits per heavy atom. The van der Waals surface area contributed by atoms with E-state index in [2.05, 4.69) is 10.3 Å². The molecule has 0 radical (unpaired) electrons. The second-order valence-electron chi connectivity index (χ2n) is 5.86. The number of pyridine rings is 1. The molecule has 1 aromatic heterocycles. The molecule has 2 amide bonds. The minimum atomic E-state index is -4.42. The number of carbonyl (C=O) groups excluding carboxylic acids is 2. The van der Waals surface area contributed by atoms with Crippen molar-refractivity contribution in [1.82, 2.24) is 14.8 Å². The average molecular weight is 344 g/mol. The lowest BCUT2D eigenvalue weighted by Crippen LogP contribution is -2.44. The van der Waals surface area contributed by atoms with E-state index >= 15 is 0 Å². The number of likely N-dealkylation sites (tertiary alicyclic amines) is 1. The number of aromatic nitrogens is 1. The van der Waals surface area contributed by atoms with Crippen molar-refractivity contribution in [2.45, 2.75) is 25.6 Å². The van der Waals surface area contributed by atoms with Crippen LogP contribution in [-0.2, 0) is 9.59 Å². The average Bonchev–Trinajstić information content (AvgIpc) is 2.81. The molecule has 9 heteroatoms. The molecule has 0 spiro atoms. The molecular weight excluding hydrogens is 325 g/mol. The maximum atomic E-state index is 12.4. The second kappa shape index (κ2) is 7.16. The number of rotatable bonds is 5. The first-order valence-electron chi connectivity index (χ1n) is 7.44. The number of carbonyl (C=O) groups is 2. The predicted molar refractivity (Wildman–Crippen MR) is 81.3 cm³/mol. The van der Waals surface area contributed by atoms with Gasteiger partial charge in [-0.05, 0) is 32.0 Å². The molecule has 0 aliphatic carbocycles. The molecule has 1 aromatic rings. The van der Waals surface area contributed by atoms with Gasteiger partial charge in [0.25, 0.3) is 0 Å². The van der Waals surface area contributed by atoms with Crippen LogP contribution in [0.1, 0.15) is 12.0 Å². The Labute approximate surface area is 137 Å². The topological polar surface area (TPSA) is 65.5 Å². The van der Waals surface area contributed by atoms with Crippen LogP contribution in [0.25, 0.3) is 0 Å². The summed E-state index contributed by atoms with van der Waals surface area (Å²) in [6.45, 7) is 0.542. The van der Waals surface area contributed by atoms with Crippen molar-refractivity contribution in [3.8, 4) is 0 Å². The van der Waals surface area contributed by atoms with Crippen LogP contribution >= 0.6 is 0 Å². The number of anilines is 1. The second-order valence-corrected chi connectivity index (χ2v) is 5.86. The SMILES string of the molecule is Cc1ccc(NC(=O)CN(C)[C@H]2CCN(CC(F)(F)F)C2=O)nc1. The van der Waals surface area contributed by atoms with Crippen LogP contribution in [0.2, 0.25) is 0 Å². The number of halogens is 3. The molecular formula is C15H19F3N4O2. The van der Waals surface area contributed by atoms with Gasteiger partial charge in [-0.25, -0.2) is 4.98 Å². The summed E-state index contributed by atoms with van der Waals surface area (Å²) in [4.78, 5) is 30.3. The molecule has 2 heterocycles. The molecule has 1 fully saturated rings. The molecule has 1 N–H and O–H groups in total. The number of nitrogens with zero attached hydrogens (tertiary/aromatic N) is 3. The minimum absolute atomic E-state index is 0.0362. The maximum Gasteiger partial charge on any atom is 0.406 e. The van der Waals surface area contributed by atoms with Crippen LogP contribution in [0.3, 0.4) is 0 Å². The van der Waals surface area contributed by atoms with Gasteiger partial charge in [0.15, 0.2) is 0 Å². The van der Waals surface area contributed by atoms with Gasteiger partial charge in [-0.1, -0.05) is 6.07 Å². The first-order chi connectivity index (χ1) is 11.2. The van der Waals surface area contributed by atoms with Gasteiger partial charge in [0.05, 0.1) is 12.6 Å². The van der Waals surface area contributed by atoms with E-state index in [4.69, 9.17) is 0 Å². The van der Waals surface area contributed by atoms with Crippen molar-refractivity contribution in [3.05, 3.63) is 23.9 Å². The zero-order valence-electron chi connectivity index (χ0n) is 13.4. The van der Waals surface area contributed by atoms with Gasteiger partial charge in [-0.15, -0.1) is 0 Å². The summed E-state index contributed by atoms with van der Waals surface area (Å²) in [7, 11) is 1.54. The van der Waals surface area contributed by atoms with Gasteiger partial charge < -0.3 is 10.2 Å². The largest absolute Gasteiger partial charge is 0.406 e.